The number of ether oxygens (including phenoxy) is 4. The summed E-state index contributed by atoms with van der Waals surface area (Å²) in [6, 6.07) is 0. The molecule has 3 atom stereocenters. The Bertz CT molecular complexity index is 357. The summed E-state index contributed by atoms with van der Waals surface area (Å²) >= 11 is 0. The van der Waals surface area contributed by atoms with Crippen molar-refractivity contribution in [3.05, 3.63) is 0 Å². The van der Waals surface area contributed by atoms with Gasteiger partial charge in [-0.05, 0) is 89.5 Å². The van der Waals surface area contributed by atoms with Crippen LogP contribution in [0.3, 0.4) is 0 Å². The highest BCUT2D eigenvalue weighted by Crippen LogP contribution is 2.03. The van der Waals surface area contributed by atoms with Crippen LogP contribution in [0.5, 0.6) is 0 Å². The second kappa shape index (κ2) is 37.7. The number of aliphatic hydroxyl groups is 4. The van der Waals surface area contributed by atoms with Crippen molar-refractivity contribution in [1.82, 2.24) is 0 Å². The number of aliphatic hydroxyl groups excluding tert-OH is 3. The normalized spacial score (nSPS) is 12.5. The molecule has 39 heavy (non-hydrogen) atoms. The van der Waals surface area contributed by atoms with Gasteiger partial charge >= 0.3 is 0 Å². The first kappa shape index (κ1) is 58.3. The van der Waals surface area contributed by atoms with Crippen molar-refractivity contribution in [2.75, 3.05) is 33.0 Å². The summed E-state index contributed by atoms with van der Waals surface area (Å²) in [5.74, 6) is 0.322. The zero-order valence-corrected chi connectivity index (χ0v) is 25.2. The van der Waals surface area contributed by atoms with Crippen molar-refractivity contribution in [3.63, 3.8) is 0 Å². The van der Waals surface area contributed by atoms with Crippen molar-refractivity contribution in [1.29, 1.82) is 0 Å². The molecule has 4 N–H and O–H groups in total. The summed E-state index contributed by atoms with van der Waals surface area (Å²) < 4.78 is 20.6. The quantitative estimate of drug-likeness (QED) is 0.179. The molecule has 0 spiro atoms. The molecular weight excluding hydrogens is 500 g/mol. The predicted molar refractivity (Wildman–Crippen MR) is 172 cm³/mol. The molecule has 8 nitrogen and oxygen atoms in total. The summed E-state index contributed by atoms with van der Waals surface area (Å²) in [4.78, 5) is 0. The van der Waals surface area contributed by atoms with Crippen LogP contribution in [0, 0.1) is 5.92 Å². The summed E-state index contributed by atoms with van der Waals surface area (Å²) in [6.07, 6.45) is 1.25. The molecule has 0 aromatic rings. The zero-order chi connectivity index (χ0) is 28.6. The molecule has 0 aliphatic carbocycles. The summed E-state index contributed by atoms with van der Waals surface area (Å²) in [5, 5.41) is 35.3. The molecule has 250 valence electrons. The van der Waals surface area contributed by atoms with E-state index in [4.69, 9.17) is 39.4 Å². The Hall–Kier alpha value is -0.320. The SMILES string of the molecule is C.C.C.C.CC(C)OCC(C)(C)O.CC(C)OC[C@@H](C)O.CC(O)COC(C)C.CCC(CO)COC(C)C. The molecule has 2 unspecified atom stereocenters. The fourth-order valence-electron chi connectivity index (χ4n) is 1.66. The maximum absolute atomic E-state index is 9.14. The van der Waals surface area contributed by atoms with Crippen molar-refractivity contribution in [2.24, 2.45) is 5.92 Å². The maximum Gasteiger partial charge on any atom is 0.0824 e. The monoisotopic (exact) mass is 579 g/mol. The molecule has 0 saturated heterocycles. The van der Waals surface area contributed by atoms with Crippen LogP contribution in [-0.4, -0.2) is 95.7 Å². The first-order valence-corrected chi connectivity index (χ1v) is 13.0. The summed E-state index contributed by atoms with van der Waals surface area (Å²) in [7, 11) is 0. The van der Waals surface area contributed by atoms with Crippen LogP contribution in [0.15, 0.2) is 0 Å². The fraction of sp³-hybridized carbons (Fsp3) is 1.00. The van der Waals surface area contributed by atoms with Crippen LogP contribution in [0.2, 0.25) is 0 Å². The van der Waals surface area contributed by atoms with E-state index < -0.39 is 5.60 Å². The van der Waals surface area contributed by atoms with Gasteiger partial charge in [0, 0.05) is 12.5 Å². The third-order valence-corrected chi connectivity index (χ3v) is 3.61. The minimum atomic E-state index is -0.690. The second-order valence-corrected chi connectivity index (χ2v) is 10.5. The van der Waals surface area contributed by atoms with Gasteiger partial charge in [0.05, 0.1) is 68.7 Å². The molecular formula is C31H78O8. The third-order valence-electron chi connectivity index (χ3n) is 3.61. The molecule has 8 heteroatoms. The average molecular weight is 579 g/mol. The van der Waals surface area contributed by atoms with Gasteiger partial charge in [-0.3, -0.25) is 0 Å². The van der Waals surface area contributed by atoms with E-state index in [1.807, 2.05) is 55.4 Å². The van der Waals surface area contributed by atoms with E-state index >= 15 is 0 Å². The Morgan fingerprint density at radius 1 is 0.564 bits per heavy atom. The van der Waals surface area contributed by atoms with E-state index in [1.165, 1.54) is 0 Å². The largest absolute Gasteiger partial charge is 0.396 e. The first-order valence-electron chi connectivity index (χ1n) is 13.0. The lowest BCUT2D eigenvalue weighted by atomic mass is 10.1. The molecule has 0 amide bonds. The van der Waals surface area contributed by atoms with E-state index in [0.717, 1.165) is 6.42 Å². The Morgan fingerprint density at radius 2 is 0.846 bits per heavy atom. The van der Waals surface area contributed by atoms with Gasteiger partial charge in [-0.1, -0.05) is 36.6 Å². The van der Waals surface area contributed by atoms with E-state index in [-0.39, 0.29) is 72.9 Å². The third kappa shape index (κ3) is 78.8. The smallest absolute Gasteiger partial charge is 0.0824 e. The van der Waals surface area contributed by atoms with Crippen LogP contribution in [0.1, 0.15) is 126 Å². The molecule has 0 aromatic heterocycles. The minimum Gasteiger partial charge on any atom is -0.396 e. The molecule has 0 radical (unpaired) electrons. The van der Waals surface area contributed by atoms with E-state index in [0.29, 0.717) is 32.3 Å². The second-order valence-electron chi connectivity index (χ2n) is 10.5. The molecule has 0 aromatic carbocycles. The Morgan fingerprint density at radius 3 is 0.974 bits per heavy atom. The molecule has 0 saturated carbocycles. The van der Waals surface area contributed by atoms with Crippen molar-refractivity contribution >= 4 is 0 Å². The van der Waals surface area contributed by atoms with Crippen LogP contribution in [0.4, 0.5) is 0 Å². The van der Waals surface area contributed by atoms with Gasteiger partial charge in [-0.15, -0.1) is 0 Å². The van der Waals surface area contributed by atoms with Crippen LogP contribution in [0.25, 0.3) is 0 Å². The van der Waals surface area contributed by atoms with E-state index in [1.54, 1.807) is 27.7 Å². The average Bonchev–Trinajstić information content (AvgIpc) is 2.71. The van der Waals surface area contributed by atoms with Crippen molar-refractivity contribution in [3.8, 4) is 0 Å². The fourth-order valence-corrected chi connectivity index (χ4v) is 1.66. The van der Waals surface area contributed by atoms with Crippen LogP contribution in [-0.2, 0) is 18.9 Å². The minimum absolute atomic E-state index is 0. The van der Waals surface area contributed by atoms with Crippen LogP contribution >= 0.6 is 0 Å². The standard InChI is InChI=1S/C8H18O2.C7H16O2.2C6H14O2.4CH4/c1-4-8(5-9)6-10-7(2)3;1-6(2)9-5-7(3,4)8;2*1-5(2)8-4-6(3)7;;;;/h7-9H,4-6H2,1-3H3;6,8H,5H2,1-4H3;2*5-7H,4H2,1-3H3;4*1H4/t;;6-;;;;;/m..1...../s1. The summed E-state index contributed by atoms with van der Waals surface area (Å²) in [6.45, 7) is 26.9. The molecule has 0 bridgehead atoms. The van der Waals surface area contributed by atoms with Gasteiger partial charge < -0.3 is 39.4 Å². The molecule has 0 fully saturated rings. The Balaban J connectivity index is -0.0000000531. The lowest BCUT2D eigenvalue weighted by Gasteiger charge is -2.18. The van der Waals surface area contributed by atoms with Crippen molar-refractivity contribution < 1.29 is 39.4 Å². The van der Waals surface area contributed by atoms with Gasteiger partial charge in [0.25, 0.3) is 0 Å². The number of rotatable bonds is 14. The maximum atomic E-state index is 9.14. The van der Waals surface area contributed by atoms with Crippen molar-refractivity contribution in [2.45, 2.75) is 168 Å². The molecule has 0 aliphatic heterocycles. The van der Waals surface area contributed by atoms with Gasteiger partial charge in [0.1, 0.15) is 0 Å². The highest BCUT2D eigenvalue weighted by molar-refractivity contribution is 4.63. The van der Waals surface area contributed by atoms with Gasteiger partial charge in [-0.25, -0.2) is 0 Å². The topological polar surface area (TPSA) is 118 Å². The highest BCUT2D eigenvalue weighted by atomic mass is 16.5. The predicted octanol–water partition coefficient (Wildman–Crippen LogP) is 6.74. The Labute approximate surface area is 246 Å². The molecule has 0 heterocycles. The van der Waals surface area contributed by atoms with Gasteiger partial charge in [0.15, 0.2) is 0 Å². The Kier molecular flexibility index (Phi) is 56.4. The first-order chi connectivity index (χ1) is 15.9. The number of hydrogen-bond donors (Lipinski definition) is 4. The zero-order valence-electron chi connectivity index (χ0n) is 25.2. The van der Waals surface area contributed by atoms with E-state index in [9.17, 15) is 0 Å². The lowest BCUT2D eigenvalue weighted by Crippen LogP contribution is -2.27. The van der Waals surface area contributed by atoms with Gasteiger partial charge in [-0.2, -0.15) is 0 Å². The van der Waals surface area contributed by atoms with Crippen LogP contribution < -0.4 is 0 Å². The summed E-state index contributed by atoms with van der Waals surface area (Å²) in [5.41, 5.74) is -0.690. The van der Waals surface area contributed by atoms with E-state index in [2.05, 4.69) is 6.92 Å². The number of hydrogen-bond acceptors (Lipinski definition) is 8. The molecule has 0 rings (SSSR count). The highest BCUT2D eigenvalue weighted by Gasteiger charge is 2.12. The lowest BCUT2D eigenvalue weighted by molar-refractivity contribution is -0.0423. The van der Waals surface area contributed by atoms with Gasteiger partial charge in [0.2, 0.25) is 0 Å². The molecule has 0 aliphatic rings.